The van der Waals surface area contributed by atoms with Gasteiger partial charge in [-0.05, 0) is 32.1 Å². The molecule has 1 aromatic rings. The SMILES string of the molecule is CC(C)Oc1cncc(C2(O)CCSC2)c1. The Balaban J connectivity index is 2.21. The summed E-state index contributed by atoms with van der Waals surface area (Å²) in [4.78, 5) is 4.13. The van der Waals surface area contributed by atoms with Gasteiger partial charge >= 0.3 is 0 Å². The van der Waals surface area contributed by atoms with Gasteiger partial charge in [0.2, 0.25) is 0 Å². The number of ether oxygens (including phenoxy) is 1. The van der Waals surface area contributed by atoms with Gasteiger partial charge in [-0.25, -0.2) is 0 Å². The zero-order chi connectivity index (χ0) is 11.6. The molecule has 3 nitrogen and oxygen atoms in total. The molecule has 88 valence electrons. The summed E-state index contributed by atoms with van der Waals surface area (Å²) in [6, 6.07) is 1.90. The molecule has 1 aliphatic heterocycles. The predicted octanol–water partition coefficient (Wildman–Crippen LogP) is 2.19. The molecule has 16 heavy (non-hydrogen) atoms. The second kappa shape index (κ2) is 4.63. The zero-order valence-electron chi connectivity index (χ0n) is 9.64. The number of aliphatic hydroxyl groups is 1. The highest BCUT2D eigenvalue weighted by Gasteiger charge is 2.34. The number of rotatable bonds is 3. The highest BCUT2D eigenvalue weighted by molar-refractivity contribution is 7.99. The molecule has 1 fully saturated rings. The average Bonchev–Trinajstić information content (AvgIpc) is 2.66. The van der Waals surface area contributed by atoms with Crippen molar-refractivity contribution in [1.29, 1.82) is 0 Å². The van der Waals surface area contributed by atoms with Crippen molar-refractivity contribution in [3.05, 3.63) is 24.0 Å². The van der Waals surface area contributed by atoms with Crippen molar-refractivity contribution in [3.8, 4) is 5.75 Å². The lowest BCUT2D eigenvalue weighted by atomic mass is 9.95. The molecule has 2 heterocycles. The highest BCUT2D eigenvalue weighted by atomic mass is 32.2. The lowest BCUT2D eigenvalue weighted by Gasteiger charge is -2.22. The Kier molecular flexibility index (Phi) is 3.40. The molecule has 0 aromatic carbocycles. The monoisotopic (exact) mass is 239 g/mol. The molecule has 0 aliphatic carbocycles. The largest absolute Gasteiger partial charge is 0.489 e. The van der Waals surface area contributed by atoms with Crippen LogP contribution in [0.5, 0.6) is 5.75 Å². The van der Waals surface area contributed by atoms with E-state index in [1.807, 2.05) is 19.9 Å². The Bertz CT molecular complexity index is 362. The van der Waals surface area contributed by atoms with Gasteiger partial charge in [0.05, 0.1) is 12.3 Å². The van der Waals surface area contributed by atoms with Crippen molar-refractivity contribution in [2.45, 2.75) is 32.0 Å². The van der Waals surface area contributed by atoms with Crippen molar-refractivity contribution in [2.75, 3.05) is 11.5 Å². The van der Waals surface area contributed by atoms with Crippen LogP contribution in [-0.2, 0) is 5.60 Å². The molecule has 1 aliphatic rings. The minimum absolute atomic E-state index is 0.129. The van der Waals surface area contributed by atoms with Gasteiger partial charge in [0.15, 0.2) is 0 Å². The van der Waals surface area contributed by atoms with Gasteiger partial charge in [-0.2, -0.15) is 11.8 Å². The van der Waals surface area contributed by atoms with Gasteiger partial charge in [-0.3, -0.25) is 4.98 Å². The first kappa shape index (κ1) is 11.7. The van der Waals surface area contributed by atoms with E-state index in [4.69, 9.17) is 4.74 Å². The first-order chi connectivity index (χ1) is 7.60. The van der Waals surface area contributed by atoms with E-state index in [2.05, 4.69) is 4.98 Å². The summed E-state index contributed by atoms with van der Waals surface area (Å²) < 4.78 is 5.58. The minimum atomic E-state index is -0.714. The Morgan fingerprint density at radius 3 is 2.94 bits per heavy atom. The first-order valence-corrected chi connectivity index (χ1v) is 6.68. The summed E-state index contributed by atoms with van der Waals surface area (Å²) in [6.07, 6.45) is 4.35. The van der Waals surface area contributed by atoms with Crippen molar-refractivity contribution in [1.82, 2.24) is 4.98 Å². The lowest BCUT2D eigenvalue weighted by molar-refractivity contribution is 0.0649. The molecule has 1 saturated heterocycles. The van der Waals surface area contributed by atoms with E-state index in [1.54, 1.807) is 24.2 Å². The highest BCUT2D eigenvalue weighted by Crippen LogP contribution is 2.37. The molecule has 1 unspecified atom stereocenters. The van der Waals surface area contributed by atoms with Crippen molar-refractivity contribution < 1.29 is 9.84 Å². The molecule has 0 amide bonds. The third kappa shape index (κ3) is 2.50. The van der Waals surface area contributed by atoms with E-state index < -0.39 is 5.60 Å². The molecule has 0 saturated carbocycles. The Hall–Kier alpha value is -0.740. The number of nitrogens with zero attached hydrogens (tertiary/aromatic N) is 1. The van der Waals surface area contributed by atoms with Crippen molar-refractivity contribution in [3.63, 3.8) is 0 Å². The van der Waals surface area contributed by atoms with E-state index >= 15 is 0 Å². The van der Waals surface area contributed by atoms with Gasteiger partial charge in [-0.15, -0.1) is 0 Å². The van der Waals surface area contributed by atoms with E-state index in [0.29, 0.717) is 0 Å². The van der Waals surface area contributed by atoms with E-state index in [9.17, 15) is 5.11 Å². The summed E-state index contributed by atoms with van der Waals surface area (Å²) >= 11 is 1.78. The fourth-order valence-electron chi connectivity index (χ4n) is 1.79. The van der Waals surface area contributed by atoms with Crippen LogP contribution in [0.2, 0.25) is 0 Å². The quantitative estimate of drug-likeness (QED) is 0.878. The van der Waals surface area contributed by atoms with Crippen LogP contribution in [0.1, 0.15) is 25.8 Å². The zero-order valence-corrected chi connectivity index (χ0v) is 10.5. The molecule has 1 aromatic heterocycles. The van der Waals surface area contributed by atoms with Gasteiger partial charge in [0.25, 0.3) is 0 Å². The normalized spacial score (nSPS) is 25.0. The Morgan fingerprint density at radius 1 is 1.50 bits per heavy atom. The van der Waals surface area contributed by atoms with Crippen LogP contribution in [0, 0.1) is 0 Å². The Labute approximate surface area is 100 Å². The molecule has 0 bridgehead atoms. The second-order valence-electron chi connectivity index (χ2n) is 4.41. The molecular weight excluding hydrogens is 222 g/mol. The summed E-state index contributed by atoms with van der Waals surface area (Å²) in [6.45, 7) is 3.96. The van der Waals surface area contributed by atoms with Crippen LogP contribution in [0.15, 0.2) is 18.5 Å². The topological polar surface area (TPSA) is 42.4 Å². The molecule has 2 rings (SSSR count). The molecule has 1 N–H and O–H groups in total. The van der Waals surface area contributed by atoms with Gasteiger partial charge < -0.3 is 9.84 Å². The summed E-state index contributed by atoms with van der Waals surface area (Å²) in [5.74, 6) is 2.49. The van der Waals surface area contributed by atoms with Crippen LogP contribution >= 0.6 is 11.8 Å². The fourth-order valence-corrected chi connectivity index (χ4v) is 3.07. The fraction of sp³-hybridized carbons (Fsp3) is 0.583. The maximum absolute atomic E-state index is 10.4. The van der Waals surface area contributed by atoms with Crippen LogP contribution in [0.4, 0.5) is 0 Å². The molecule has 0 radical (unpaired) electrons. The molecular formula is C12H17NO2S. The molecule has 1 atom stereocenters. The average molecular weight is 239 g/mol. The third-order valence-electron chi connectivity index (χ3n) is 2.62. The Morgan fingerprint density at radius 2 is 2.31 bits per heavy atom. The summed E-state index contributed by atoms with van der Waals surface area (Å²) in [7, 11) is 0. The smallest absolute Gasteiger partial charge is 0.138 e. The number of pyridine rings is 1. The maximum atomic E-state index is 10.4. The van der Waals surface area contributed by atoms with Crippen molar-refractivity contribution >= 4 is 11.8 Å². The van der Waals surface area contributed by atoms with Gasteiger partial charge in [0, 0.05) is 17.5 Å². The lowest BCUT2D eigenvalue weighted by Crippen LogP contribution is -2.25. The van der Waals surface area contributed by atoms with Gasteiger partial charge in [0.1, 0.15) is 11.4 Å². The van der Waals surface area contributed by atoms with Crippen LogP contribution in [-0.4, -0.2) is 27.7 Å². The van der Waals surface area contributed by atoms with E-state index in [1.165, 1.54) is 0 Å². The number of thioether (sulfide) groups is 1. The first-order valence-electron chi connectivity index (χ1n) is 5.52. The van der Waals surface area contributed by atoms with Crippen LogP contribution in [0.25, 0.3) is 0 Å². The maximum Gasteiger partial charge on any atom is 0.138 e. The number of aromatic nitrogens is 1. The number of hydrogen-bond acceptors (Lipinski definition) is 4. The number of hydrogen-bond donors (Lipinski definition) is 1. The van der Waals surface area contributed by atoms with Gasteiger partial charge in [-0.1, -0.05) is 0 Å². The van der Waals surface area contributed by atoms with E-state index in [-0.39, 0.29) is 6.10 Å². The minimum Gasteiger partial charge on any atom is -0.489 e. The molecule has 4 heteroatoms. The predicted molar refractivity (Wildman–Crippen MR) is 65.8 cm³/mol. The molecule has 0 spiro atoms. The standard InChI is InChI=1S/C12H17NO2S/c1-9(2)15-11-5-10(6-13-7-11)12(14)3-4-16-8-12/h5-7,9,14H,3-4,8H2,1-2H3. The summed E-state index contributed by atoms with van der Waals surface area (Å²) in [5, 5.41) is 10.4. The third-order valence-corrected chi connectivity index (χ3v) is 3.80. The summed E-state index contributed by atoms with van der Waals surface area (Å²) in [5.41, 5.74) is 0.157. The van der Waals surface area contributed by atoms with Crippen LogP contribution < -0.4 is 4.74 Å². The van der Waals surface area contributed by atoms with Crippen LogP contribution in [0.3, 0.4) is 0 Å². The second-order valence-corrected chi connectivity index (χ2v) is 5.52. The van der Waals surface area contributed by atoms with Crippen molar-refractivity contribution in [2.24, 2.45) is 0 Å². The van der Waals surface area contributed by atoms with E-state index in [0.717, 1.165) is 29.2 Å².